The van der Waals surface area contributed by atoms with Crippen molar-refractivity contribution < 1.29 is 9.53 Å². The Balaban J connectivity index is 1.41. The lowest BCUT2D eigenvalue weighted by Crippen LogP contribution is -2.13. The number of fused-ring (bicyclic) bond motifs is 2. The molecule has 2 aliphatic rings. The molecule has 0 bridgehead atoms. The number of ether oxygens (including phenoxy) is 1. The van der Waals surface area contributed by atoms with Gasteiger partial charge in [0.05, 0.1) is 42.1 Å². The number of aromatic nitrogens is 5. The summed E-state index contributed by atoms with van der Waals surface area (Å²) in [6.45, 7) is 0. The number of hydrogen-bond acceptors (Lipinski definition) is 5. The number of H-pyrrole nitrogens is 1. The summed E-state index contributed by atoms with van der Waals surface area (Å²) in [5.74, 6) is -0.172. The molecule has 8 nitrogen and oxygen atoms in total. The predicted octanol–water partition coefficient (Wildman–Crippen LogP) is 4.63. The van der Waals surface area contributed by atoms with E-state index < -0.39 is 0 Å². The molecular formula is C26H29N5O3. The lowest BCUT2D eigenvalue weighted by atomic mass is 9.95. The molecule has 1 aromatic carbocycles. The molecule has 1 N–H and O–H groups in total. The average molecular weight is 460 g/mol. The standard InChI is InChI=1S/C26H29N5O3/c1-34-26(33)17-8-7-16(11-17)20-13-30(24-23(20)25(32)28-14-27-24)19-9-10-22-21(12-19)29-15-31(22)18-5-3-2-4-6-18/h9-10,12-18H,2-8,11H2,1H3,(H,27,28,32). The number of methoxy groups -OCH3 is 1. The number of imidazole rings is 1. The normalized spacial score (nSPS) is 21.4. The zero-order chi connectivity index (χ0) is 23.2. The molecule has 0 amide bonds. The predicted molar refractivity (Wildman–Crippen MR) is 129 cm³/mol. The van der Waals surface area contributed by atoms with Crippen molar-refractivity contribution in [1.29, 1.82) is 0 Å². The summed E-state index contributed by atoms with van der Waals surface area (Å²) in [7, 11) is 1.43. The van der Waals surface area contributed by atoms with Crippen molar-refractivity contribution in [1.82, 2.24) is 24.1 Å². The van der Waals surface area contributed by atoms with E-state index in [-0.39, 0.29) is 23.4 Å². The minimum absolute atomic E-state index is 0.118. The largest absolute Gasteiger partial charge is 0.469 e. The third-order valence-electron chi connectivity index (χ3n) is 7.83. The third-order valence-corrected chi connectivity index (χ3v) is 7.83. The van der Waals surface area contributed by atoms with E-state index in [0.29, 0.717) is 23.5 Å². The quantitative estimate of drug-likeness (QED) is 0.449. The molecule has 0 saturated heterocycles. The summed E-state index contributed by atoms with van der Waals surface area (Å²) in [5.41, 5.74) is 4.45. The van der Waals surface area contributed by atoms with Crippen LogP contribution in [0.15, 0.2) is 41.8 Å². The summed E-state index contributed by atoms with van der Waals surface area (Å²) in [5, 5.41) is 0.603. The zero-order valence-corrected chi connectivity index (χ0v) is 19.4. The van der Waals surface area contributed by atoms with Crippen molar-refractivity contribution >= 4 is 28.0 Å². The highest BCUT2D eigenvalue weighted by Crippen LogP contribution is 2.41. The van der Waals surface area contributed by atoms with Crippen LogP contribution in [0.25, 0.3) is 27.8 Å². The lowest BCUT2D eigenvalue weighted by molar-refractivity contribution is -0.145. The van der Waals surface area contributed by atoms with Crippen LogP contribution in [0.3, 0.4) is 0 Å². The number of carbonyl (C=O) groups is 1. The minimum Gasteiger partial charge on any atom is -0.469 e. The number of hydrogen-bond donors (Lipinski definition) is 1. The van der Waals surface area contributed by atoms with Gasteiger partial charge >= 0.3 is 5.97 Å². The van der Waals surface area contributed by atoms with Crippen LogP contribution in [0, 0.1) is 5.92 Å². The van der Waals surface area contributed by atoms with Gasteiger partial charge in [-0.3, -0.25) is 9.59 Å². The lowest BCUT2D eigenvalue weighted by Gasteiger charge is -2.23. The number of esters is 1. The van der Waals surface area contributed by atoms with Crippen molar-refractivity contribution in [2.45, 2.75) is 63.3 Å². The van der Waals surface area contributed by atoms with Gasteiger partial charge in [-0.25, -0.2) is 9.97 Å². The summed E-state index contributed by atoms with van der Waals surface area (Å²) in [4.78, 5) is 36.9. The van der Waals surface area contributed by atoms with Crippen LogP contribution in [0.1, 0.15) is 68.9 Å². The van der Waals surface area contributed by atoms with E-state index in [4.69, 9.17) is 9.72 Å². The van der Waals surface area contributed by atoms with E-state index in [2.05, 4.69) is 32.7 Å². The first-order chi connectivity index (χ1) is 16.6. The van der Waals surface area contributed by atoms with Crippen molar-refractivity contribution in [2.75, 3.05) is 7.11 Å². The Morgan fingerprint density at radius 1 is 1.12 bits per heavy atom. The number of nitrogens with one attached hydrogen (secondary N) is 1. The molecule has 2 fully saturated rings. The van der Waals surface area contributed by atoms with E-state index in [1.807, 2.05) is 17.1 Å². The van der Waals surface area contributed by atoms with Crippen LogP contribution in [0.2, 0.25) is 0 Å². The highest BCUT2D eigenvalue weighted by Gasteiger charge is 2.34. The summed E-state index contributed by atoms with van der Waals surface area (Å²) in [6, 6.07) is 6.82. The van der Waals surface area contributed by atoms with Gasteiger partial charge in [-0.15, -0.1) is 0 Å². The summed E-state index contributed by atoms with van der Waals surface area (Å²) < 4.78 is 9.27. The minimum atomic E-state index is -0.169. The van der Waals surface area contributed by atoms with Gasteiger partial charge in [0, 0.05) is 17.9 Å². The van der Waals surface area contributed by atoms with E-state index in [1.165, 1.54) is 45.5 Å². The molecule has 2 atom stereocenters. The first kappa shape index (κ1) is 21.1. The Morgan fingerprint density at radius 3 is 2.79 bits per heavy atom. The molecule has 176 valence electrons. The molecule has 34 heavy (non-hydrogen) atoms. The molecule has 0 aliphatic heterocycles. The highest BCUT2D eigenvalue weighted by molar-refractivity contribution is 5.84. The van der Waals surface area contributed by atoms with Crippen LogP contribution < -0.4 is 5.56 Å². The maximum Gasteiger partial charge on any atom is 0.308 e. The Bertz CT molecular complexity index is 1430. The number of benzene rings is 1. The second-order valence-electron chi connectivity index (χ2n) is 9.73. The fraction of sp³-hybridized carbons (Fsp3) is 0.462. The number of aromatic amines is 1. The molecule has 8 heteroatoms. The third kappa shape index (κ3) is 3.43. The van der Waals surface area contributed by atoms with Crippen molar-refractivity contribution in [3.8, 4) is 5.69 Å². The topological polar surface area (TPSA) is 94.8 Å². The van der Waals surface area contributed by atoms with E-state index >= 15 is 0 Å². The maximum absolute atomic E-state index is 12.8. The fourth-order valence-electron chi connectivity index (χ4n) is 6.07. The zero-order valence-electron chi connectivity index (χ0n) is 19.4. The van der Waals surface area contributed by atoms with Crippen LogP contribution in [0.5, 0.6) is 0 Å². The molecule has 3 heterocycles. The van der Waals surface area contributed by atoms with Gasteiger partial charge in [-0.1, -0.05) is 19.3 Å². The maximum atomic E-state index is 12.8. The molecule has 4 aromatic rings. The van der Waals surface area contributed by atoms with Crippen molar-refractivity contribution in [3.05, 3.63) is 53.0 Å². The van der Waals surface area contributed by atoms with Crippen LogP contribution >= 0.6 is 0 Å². The smallest absolute Gasteiger partial charge is 0.308 e. The van der Waals surface area contributed by atoms with Crippen LogP contribution in [0.4, 0.5) is 0 Å². The van der Waals surface area contributed by atoms with E-state index in [9.17, 15) is 9.59 Å². The molecule has 0 radical (unpaired) electrons. The summed E-state index contributed by atoms with van der Waals surface area (Å²) >= 11 is 0. The SMILES string of the molecule is COC(=O)C1CCC(c2cn(-c3ccc4c(c3)ncn4C3CCCCC3)c3nc[nH]c(=O)c23)C1. The van der Waals surface area contributed by atoms with Gasteiger partial charge < -0.3 is 18.9 Å². The second-order valence-corrected chi connectivity index (χ2v) is 9.73. The van der Waals surface area contributed by atoms with Gasteiger partial charge in [0.25, 0.3) is 5.56 Å². The van der Waals surface area contributed by atoms with Crippen LogP contribution in [-0.4, -0.2) is 37.2 Å². The number of nitrogens with zero attached hydrogens (tertiary/aromatic N) is 4. The van der Waals surface area contributed by atoms with Crippen molar-refractivity contribution in [3.63, 3.8) is 0 Å². The Labute approximate surface area is 197 Å². The monoisotopic (exact) mass is 459 g/mol. The van der Waals surface area contributed by atoms with E-state index in [1.54, 1.807) is 0 Å². The molecule has 3 aromatic heterocycles. The van der Waals surface area contributed by atoms with E-state index in [0.717, 1.165) is 35.1 Å². The van der Waals surface area contributed by atoms with Crippen molar-refractivity contribution in [2.24, 2.45) is 5.92 Å². The first-order valence-corrected chi connectivity index (χ1v) is 12.3. The molecule has 2 aliphatic carbocycles. The van der Waals surface area contributed by atoms with Gasteiger partial charge in [-0.05, 0) is 61.8 Å². The Hall–Kier alpha value is -3.42. The second kappa shape index (κ2) is 8.42. The summed E-state index contributed by atoms with van der Waals surface area (Å²) in [6.07, 6.45) is 14.0. The Morgan fingerprint density at radius 2 is 1.97 bits per heavy atom. The van der Waals surface area contributed by atoms with Gasteiger partial charge in [0.2, 0.25) is 0 Å². The first-order valence-electron chi connectivity index (χ1n) is 12.3. The molecule has 2 saturated carbocycles. The van der Waals surface area contributed by atoms with Gasteiger partial charge in [-0.2, -0.15) is 0 Å². The molecule has 6 rings (SSSR count). The number of carbonyl (C=O) groups excluding carboxylic acids is 1. The van der Waals surface area contributed by atoms with Gasteiger partial charge in [0.15, 0.2) is 5.65 Å². The highest BCUT2D eigenvalue weighted by atomic mass is 16.5. The van der Waals surface area contributed by atoms with Gasteiger partial charge in [0.1, 0.15) is 0 Å². The molecule has 0 spiro atoms. The molecular weight excluding hydrogens is 430 g/mol. The Kier molecular flexibility index (Phi) is 5.23. The number of rotatable bonds is 4. The fourth-order valence-corrected chi connectivity index (χ4v) is 6.07. The van der Waals surface area contributed by atoms with Crippen LogP contribution in [-0.2, 0) is 9.53 Å². The molecule has 2 unspecified atom stereocenters. The average Bonchev–Trinajstić information content (AvgIpc) is 3.60.